The molecular formula is C43H73O8P. The zero-order valence-corrected chi connectivity index (χ0v) is 33.9. The standard InChI is InChI=1S/C43H73O8P/c1-4-6-8-10-12-14-16-18-20-22-24-26-28-30-32-36-42(44)48-38-34-40-50-52(46,47-3)51-41-35-39-49-43(45)37-33-31-29-27-25-23-21-19-17-15-13-11-9-7-5-2/h12-15,18-21,24-27H,4-11,16-17,22-23,28-41H2,1-3H3/b14-12-,15-13-,20-18-,21-19-,26-24-,27-25-. The number of esters is 2. The highest BCUT2D eigenvalue weighted by atomic mass is 31.2. The smallest absolute Gasteiger partial charge is 0.466 e. The number of unbranched alkanes of at least 4 members (excludes halogenated alkanes) is 10. The fraction of sp³-hybridized carbons (Fsp3) is 0.674. The van der Waals surface area contributed by atoms with Crippen LogP contribution >= 0.6 is 7.82 Å². The topological polar surface area (TPSA) is 97.4 Å². The van der Waals surface area contributed by atoms with Crippen LogP contribution in [0.5, 0.6) is 0 Å². The van der Waals surface area contributed by atoms with Gasteiger partial charge in [-0.2, -0.15) is 0 Å². The molecular weight excluding hydrogens is 675 g/mol. The number of hydrogen-bond donors (Lipinski definition) is 0. The molecule has 298 valence electrons. The predicted octanol–water partition coefficient (Wildman–Crippen LogP) is 12.8. The lowest BCUT2D eigenvalue weighted by Crippen LogP contribution is -2.09. The molecule has 0 rings (SSSR count). The molecule has 0 heterocycles. The van der Waals surface area contributed by atoms with Crippen LogP contribution in [0.15, 0.2) is 72.9 Å². The summed E-state index contributed by atoms with van der Waals surface area (Å²) in [6, 6.07) is 0. The Kier molecular flexibility index (Phi) is 37.8. The van der Waals surface area contributed by atoms with Crippen molar-refractivity contribution in [3.05, 3.63) is 72.9 Å². The quantitative estimate of drug-likeness (QED) is 0.0268. The molecule has 0 aliphatic carbocycles. The lowest BCUT2D eigenvalue weighted by atomic mass is 10.1. The van der Waals surface area contributed by atoms with Crippen LogP contribution in [0.25, 0.3) is 0 Å². The van der Waals surface area contributed by atoms with E-state index in [0.29, 0.717) is 25.7 Å². The number of carbonyl (C=O) groups is 2. The van der Waals surface area contributed by atoms with Gasteiger partial charge in [-0.05, 0) is 89.9 Å². The van der Waals surface area contributed by atoms with Crippen molar-refractivity contribution in [2.24, 2.45) is 0 Å². The van der Waals surface area contributed by atoms with E-state index < -0.39 is 7.82 Å². The van der Waals surface area contributed by atoms with E-state index in [0.717, 1.165) is 64.2 Å². The third-order valence-electron chi connectivity index (χ3n) is 7.87. The molecule has 0 atom stereocenters. The zero-order chi connectivity index (χ0) is 38.1. The summed E-state index contributed by atoms with van der Waals surface area (Å²) < 4.78 is 38.6. The van der Waals surface area contributed by atoms with E-state index in [9.17, 15) is 14.2 Å². The Labute approximate surface area is 317 Å². The van der Waals surface area contributed by atoms with Gasteiger partial charge in [0.25, 0.3) is 0 Å². The average Bonchev–Trinajstić information content (AvgIpc) is 3.14. The summed E-state index contributed by atoms with van der Waals surface area (Å²) in [5.41, 5.74) is 0. The maximum Gasteiger partial charge on any atom is 0.474 e. The minimum absolute atomic E-state index is 0.0601. The SMILES string of the molecule is CCCCC/C=C\C/C=C\C/C=C\CCCCC(=O)OCCCOP(=O)(OC)OCCCOC(=O)CCCC/C=C\C/C=C\C/C=C\CCCCC. The van der Waals surface area contributed by atoms with Crippen molar-refractivity contribution in [1.29, 1.82) is 0 Å². The van der Waals surface area contributed by atoms with Crippen molar-refractivity contribution >= 4 is 19.8 Å². The second-order valence-corrected chi connectivity index (χ2v) is 14.5. The third-order valence-corrected chi connectivity index (χ3v) is 9.31. The molecule has 9 heteroatoms. The summed E-state index contributed by atoms with van der Waals surface area (Å²) in [6.45, 7) is 4.91. The van der Waals surface area contributed by atoms with Crippen LogP contribution in [0.3, 0.4) is 0 Å². The van der Waals surface area contributed by atoms with Gasteiger partial charge in [-0.1, -0.05) is 112 Å². The number of phosphoric acid groups is 1. The summed E-state index contributed by atoms with van der Waals surface area (Å²) in [4.78, 5) is 24.0. The summed E-state index contributed by atoms with van der Waals surface area (Å²) >= 11 is 0. The van der Waals surface area contributed by atoms with E-state index in [2.05, 4.69) is 86.8 Å². The summed E-state index contributed by atoms with van der Waals surface area (Å²) in [6.07, 6.45) is 47.1. The Balaban J connectivity index is 3.73. The first-order valence-electron chi connectivity index (χ1n) is 20.1. The highest BCUT2D eigenvalue weighted by molar-refractivity contribution is 7.48. The van der Waals surface area contributed by atoms with Gasteiger partial charge in [0.05, 0.1) is 26.4 Å². The van der Waals surface area contributed by atoms with Crippen molar-refractivity contribution in [1.82, 2.24) is 0 Å². The van der Waals surface area contributed by atoms with Crippen LogP contribution in [0.2, 0.25) is 0 Å². The molecule has 0 aliphatic heterocycles. The number of carbonyl (C=O) groups excluding carboxylic acids is 2. The molecule has 0 aromatic heterocycles. The highest BCUT2D eigenvalue weighted by Crippen LogP contribution is 2.48. The van der Waals surface area contributed by atoms with Gasteiger partial charge in [-0.3, -0.25) is 23.2 Å². The number of allylic oxidation sites excluding steroid dienone is 12. The van der Waals surface area contributed by atoms with E-state index >= 15 is 0 Å². The van der Waals surface area contributed by atoms with Crippen molar-refractivity contribution < 1.29 is 37.2 Å². The van der Waals surface area contributed by atoms with Gasteiger partial charge >= 0.3 is 19.8 Å². The van der Waals surface area contributed by atoms with Crippen molar-refractivity contribution in [2.45, 2.75) is 155 Å². The molecule has 0 aliphatic rings. The van der Waals surface area contributed by atoms with Gasteiger partial charge in [0.2, 0.25) is 0 Å². The van der Waals surface area contributed by atoms with Crippen LogP contribution in [0.4, 0.5) is 0 Å². The first-order chi connectivity index (χ1) is 25.5. The van der Waals surface area contributed by atoms with Crippen LogP contribution in [0, 0.1) is 0 Å². The van der Waals surface area contributed by atoms with Gasteiger partial charge in [-0.15, -0.1) is 0 Å². The zero-order valence-electron chi connectivity index (χ0n) is 33.0. The van der Waals surface area contributed by atoms with Gasteiger partial charge in [0.15, 0.2) is 0 Å². The van der Waals surface area contributed by atoms with Crippen molar-refractivity contribution in [3.8, 4) is 0 Å². The Bertz CT molecular complexity index is 981. The Morgan fingerprint density at radius 3 is 1.10 bits per heavy atom. The average molecular weight is 749 g/mol. The molecule has 8 nitrogen and oxygen atoms in total. The molecule has 0 bridgehead atoms. The number of rotatable bonds is 37. The molecule has 52 heavy (non-hydrogen) atoms. The first-order valence-corrected chi connectivity index (χ1v) is 21.6. The maximum atomic E-state index is 12.6. The first kappa shape index (κ1) is 49.5. The molecule has 0 unspecified atom stereocenters. The van der Waals surface area contributed by atoms with Gasteiger partial charge in [0, 0.05) is 32.8 Å². The van der Waals surface area contributed by atoms with Crippen LogP contribution in [-0.2, 0) is 37.2 Å². The number of hydrogen-bond acceptors (Lipinski definition) is 8. The van der Waals surface area contributed by atoms with Crippen molar-refractivity contribution in [3.63, 3.8) is 0 Å². The number of phosphoric ester groups is 1. The third kappa shape index (κ3) is 37.3. The Morgan fingerprint density at radius 1 is 0.442 bits per heavy atom. The van der Waals surface area contributed by atoms with E-state index in [4.69, 9.17) is 23.0 Å². The highest BCUT2D eigenvalue weighted by Gasteiger charge is 2.24. The molecule has 0 aromatic carbocycles. The molecule has 0 N–H and O–H groups in total. The monoisotopic (exact) mass is 749 g/mol. The minimum Gasteiger partial charge on any atom is -0.466 e. The predicted molar refractivity (Wildman–Crippen MR) is 216 cm³/mol. The van der Waals surface area contributed by atoms with Crippen molar-refractivity contribution in [2.75, 3.05) is 33.5 Å². The van der Waals surface area contributed by atoms with Gasteiger partial charge in [-0.25, -0.2) is 4.57 Å². The second kappa shape index (κ2) is 39.7. The molecule has 0 saturated heterocycles. The number of ether oxygens (including phenoxy) is 2. The molecule has 0 fully saturated rings. The van der Waals surface area contributed by atoms with Crippen LogP contribution in [0.1, 0.15) is 155 Å². The molecule has 0 radical (unpaired) electrons. The van der Waals surface area contributed by atoms with Crippen LogP contribution < -0.4 is 0 Å². The largest absolute Gasteiger partial charge is 0.474 e. The van der Waals surface area contributed by atoms with E-state index in [1.165, 1.54) is 58.5 Å². The Hall–Kier alpha value is -2.51. The molecule has 0 spiro atoms. The van der Waals surface area contributed by atoms with E-state index in [1.54, 1.807) is 0 Å². The second-order valence-electron chi connectivity index (χ2n) is 12.7. The van der Waals surface area contributed by atoms with Gasteiger partial charge < -0.3 is 9.47 Å². The van der Waals surface area contributed by atoms with Gasteiger partial charge in [0.1, 0.15) is 0 Å². The minimum atomic E-state index is -3.73. The fourth-order valence-electron chi connectivity index (χ4n) is 4.77. The van der Waals surface area contributed by atoms with E-state index in [-0.39, 0.29) is 38.4 Å². The summed E-state index contributed by atoms with van der Waals surface area (Å²) in [5.74, 6) is -0.495. The summed E-state index contributed by atoms with van der Waals surface area (Å²) in [5, 5.41) is 0. The van der Waals surface area contributed by atoms with Crippen LogP contribution in [-0.4, -0.2) is 45.5 Å². The Morgan fingerprint density at radius 2 is 0.769 bits per heavy atom. The van der Waals surface area contributed by atoms with E-state index in [1.807, 2.05) is 0 Å². The lowest BCUT2D eigenvalue weighted by molar-refractivity contribution is -0.144. The normalized spacial score (nSPS) is 12.6. The molecule has 0 saturated carbocycles. The lowest BCUT2D eigenvalue weighted by Gasteiger charge is -2.16. The summed E-state index contributed by atoms with van der Waals surface area (Å²) in [7, 11) is -2.48. The fourth-order valence-corrected chi connectivity index (χ4v) is 5.76. The molecule has 0 aromatic rings. The molecule has 0 amide bonds. The maximum absolute atomic E-state index is 12.6.